The lowest BCUT2D eigenvalue weighted by atomic mass is 10.1. The van der Waals surface area contributed by atoms with E-state index in [1.54, 1.807) is 6.20 Å². The lowest BCUT2D eigenvalue weighted by Gasteiger charge is -1.94. The second-order valence-electron chi connectivity index (χ2n) is 4.13. The van der Waals surface area contributed by atoms with Crippen LogP contribution < -0.4 is 0 Å². The van der Waals surface area contributed by atoms with Crippen molar-refractivity contribution < 1.29 is 14.4 Å². The summed E-state index contributed by atoms with van der Waals surface area (Å²) >= 11 is 0. The number of nitrogens with one attached hydrogen (secondary N) is 1. The molecule has 5 nitrogen and oxygen atoms in total. The third kappa shape index (κ3) is 1.57. The molecule has 0 radical (unpaired) electrons. The van der Waals surface area contributed by atoms with Gasteiger partial charge in [-0.05, 0) is 18.6 Å². The molecule has 0 unspecified atom stereocenters. The lowest BCUT2D eigenvalue weighted by Crippen LogP contribution is -1.94. The number of nitrogens with zero attached hydrogens (tertiary/aromatic N) is 1. The molecule has 2 aromatic heterocycles. The van der Waals surface area contributed by atoms with Crippen LogP contribution in [-0.2, 0) is 0 Å². The van der Waals surface area contributed by atoms with Crippen molar-refractivity contribution in [3.05, 3.63) is 41.7 Å². The average molecular weight is 242 g/mol. The normalized spacial score (nSPS) is 10.9. The molecule has 3 rings (SSSR count). The fraction of sp³-hybridized carbons (Fsp3) is 0.0769. The second-order valence-corrected chi connectivity index (χ2v) is 4.13. The van der Waals surface area contributed by atoms with Crippen LogP contribution in [0.2, 0.25) is 0 Å². The molecule has 0 amide bonds. The minimum atomic E-state index is -1.10. The van der Waals surface area contributed by atoms with Gasteiger partial charge in [0.05, 0.1) is 0 Å². The van der Waals surface area contributed by atoms with E-state index in [1.165, 1.54) is 6.07 Å². The average Bonchev–Trinajstić information content (AvgIpc) is 2.92. The first-order valence-electron chi connectivity index (χ1n) is 5.43. The number of hydrogen-bond acceptors (Lipinski definition) is 3. The van der Waals surface area contributed by atoms with Gasteiger partial charge in [-0.1, -0.05) is 17.3 Å². The number of aromatic nitrogens is 2. The van der Waals surface area contributed by atoms with E-state index in [0.29, 0.717) is 5.76 Å². The molecule has 5 heteroatoms. The smallest absolute Gasteiger partial charge is 0.358 e. The van der Waals surface area contributed by atoms with Crippen LogP contribution in [-0.4, -0.2) is 21.2 Å². The minimum Gasteiger partial charge on any atom is -0.476 e. The van der Waals surface area contributed by atoms with Crippen molar-refractivity contribution in [3.63, 3.8) is 0 Å². The van der Waals surface area contributed by atoms with Crippen LogP contribution in [0.15, 0.2) is 35.0 Å². The molecule has 0 aliphatic carbocycles. The highest BCUT2D eigenvalue weighted by Crippen LogP contribution is 2.29. The summed E-state index contributed by atoms with van der Waals surface area (Å²) in [6.07, 6.45) is 1.79. The highest BCUT2D eigenvalue weighted by molar-refractivity contribution is 5.95. The highest BCUT2D eigenvalue weighted by atomic mass is 16.5. The molecule has 0 atom stereocenters. The number of aromatic amines is 1. The number of carboxylic acid groups (broad SMARTS) is 1. The fourth-order valence-electron chi connectivity index (χ4n) is 1.95. The summed E-state index contributed by atoms with van der Waals surface area (Å²) in [5, 5.41) is 13.3. The Morgan fingerprint density at radius 3 is 2.94 bits per heavy atom. The topological polar surface area (TPSA) is 79.1 Å². The van der Waals surface area contributed by atoms with Crippen LogP contribution in [0.1, 0.15) is 16.1 Å². The van der Waals surface area contributed by atoms with Gasteiger partial charge < -0.3 is 14.6 Å². The standard InChI is InChI=1S/C13H10N2O3/c1-7-2-3-8-9(6-14-10(8)4-7)12-5-11(13(16)17)15-18-12/h2-6,14H,1H3,(H,16,17). The van der Waals surface area contributed by atoms with Crippen LogP contribution in [0.25, 0.3) is 22.2 Å². The van der Waals surface area contributed by atoms with Gasteiger partial charge in [0.1, 0.15) is 0 Å². The van der Waals surface area contributed by atoms with E-state index in [0.717, 1.165) is 22.0 Å². The second kappa shape index (κ2) is 3.73. The van der Waals surface area contributed by atoms with Gasteiger partial charge in [-0.3, -0.25) is 0 Å². The van der Waals surface area contributed by atoms with Crippen molar-refractivity contribution in [1.82, 2.24) is 10.1 Å². The minimum absolute atomic E-state index is 0.0912. The Morgan fingerprint density at radius 1 is 1.39 bits per heavy atom. The summed E-state index contributed by atoms with van der Waals surface area (Å²) in [6, 6.07) is 7.41. The zero-order valence-corrected chi connectivity index (χ0v) is 9.60. The van der Waals surface area contributed by atoms with Gasteiger partial charge in [0.2, 0.25) is 0 Å². The first kappa shape index (κ1) is 10.6. The number of aromatic carboxylic acids is 1. The molecule has 1 aromatic carbocycles. The van der Waals surface area contributed by atoms with Crippen molar-refractivity contribution in [2.75, 3.05) is 0 Å². The molecular formula is C13H10N2O3. The molecular weight excluding hydrogens is 232 g/mol. The highest BCUT2D eigenvalue weighted by Gasteiger charge is 2.15. The van der Waals surface area contributed by atoms with E-state index < -0.39 is 5.97 Å². The van der Waals surface area contributed by atoms with E-state index in [9.17, 15) is 4.79 Å². The first-order valence-corrected chi connectivity index (χ1v) is 5.43. The van der Waals surface area contributed by atoms with Crippen LogP contribution in [0.5, 0.6) is 0 Å². The Bertz CT molecular complexity index is 740. The summed E-state index contributed by atoms with van der Waals surface area (Å²) in [6.45, 7) is 2.01. The van der Waals surface area contributed by atoms with Gasteiger partial charge in [-0.25, -0.2) is 4.79 Å². The first-order chi connectivity index (χ1) is 8.65. The van der Waals surface area contributed by atoms with Crippen molar-refractivity contribution in [2.45, 2.75) is 6.92 Å². The maximum atomic E-state index is 10.8. The van der Waals surface area contributed by atoms with Gasteiger partial charge in [0, 0.05) is 28.7 Å². The van der Waals surface area contributed by atoms with Gasteiger partial charge >= 0.3 is 5.97 Å². The molecule has 90 valence electrons. The van der Waals surface area contributed by atoms with Crippen molar-refractivity contribution in [3.8, 4) is 11.3 Å². The SMILES string of the molecule is Cc1ccc2c(-c3cc(C(=O)O)no3)c[nH]c2c1. The number of fused-ring (bicyclic) bond motifs is 1. The fourth-order valence-corrected chi connectivity index (χ4v) is 1.95. The van der Waals surface area contributed by atoms with Crippen LogP contribution in [0.3, 0.4) is 0 Å². The quantitative estimate of drug-likeness (QED) is 0.724. The zero-order chi connectivity index (χ0) is 12.7. The van der Waals surface area contributed by atoms with E-state index in [1.807, 2.05) is 25.1 Å². The summed E-state index contributed by atoms with van der Waals surface area (Å²) in [4.78, 5) is 13.9. The Labute approximate surface area is 102 Å². The molecule has 0 fully saturated rings. The Morgan fingerprint density at radius 2 is 2.22 bits per heavy atom. The molecule has 0 spiro atoms. The molecule has 0 aliphatic rings. The van der Waals surface area contributed by atoms with E-state index in [4.69, 9.17) is 9.63 Å². The predicted octanol–water partition coefficient (Wildman–Crippen LogP) is 2.83. The van der Waals surface area contributed by atoms with Crippen LogP contribution in [0, 0.1) is 6.92 Å². The zero-order valence-electron chi connectivity index (χ0n) is 9.60. The Balaban J connectivity index is 2.16. The van der Waals surface area contributed by atoms with Gasteiger partial charge in [-0.2, -0.15) is 0 Å². The largest absolute Gasteiger partial charge is 0.476 e. The number of rotatable bonds is 2. The molecule has 18 heavy (non-hydrogen) atoms. The van der Waals surface area contributed by atoms with Crippen molar-refractivity contribution >= 4 is 16.9 Å². The van der Waals surface area contributed by atoms with Crippen molar-refractivity contribution in [2.24, 2.45) is 0 Å². The summed E-state index contributed by atoms with van der Waals surface area (Å²) in [5.74, 6) is -0.650. The monoisotopic (exact) mass is 242 g/mol. The van der Waals surface area contributed by atoms with Crippen LogP contribution >= 0.6 is 0 Å². The number of aryl methyl sites for hydroxylation is 1. The van der Waals surface area contributed by atoms with Gasteiger partial charge in [0.15, 0.2) is 11.5 Å². The van der Waals surface area contributed by atoms with Crippen molar-refractivity contribution in [1.29, 1.82) is 0 Å². The maximum Gasteiger partial charge on any atom is 0.358 e. The van der Waals surface area contributed by atoms with E-state index in [-0.39, 0.29) is 5.69 Å². The molecule has 2 N–H and O–H groups in total. The number of carboxylic acids is 1. The maximum absolute atomic E-state index is 10.8. The number of benzene rings is 1. The van der Waals surface area contributed by atoms with E-state index >= 15 is 0 Å². The predicted molar refractivity (Wildman–Crippen MR) is 65.5 cm³/mol. The van der Waals surface area contributed by atoms with E-state index in [2.05, 4.69) is 10.1 Å². The number of H-pyrrole nitrogens is 1. The summed E-state index contributed by atoms with van der Waals surface area (Å²) in [7, 11) is 0. The molecule has 2 heterocycles. The molecule has 0 saturated carbocycles. The van der Waals surface area contributed by atoms with Gasteiger partial charge in [0.25, 0.3) is 0 Å². The summed E-state index contributed by atoms with van der Waals surface area (Å²) in [5.41, 5.74) is 2.86. The molecule has 0 saturated heterocycles. The third-order valence-corrected chi connectivity index (χ3v) is 2.83. The van der Waals surface area contributed by atoms with Gasteiger partial charge in [-0.15, -0.1) is 0 Å². The molecule has 0 bridgehead atoms. The lowest BCUT2D eigenvalue weighted by molar-refractivity contribution is 0.0686. The Kier molecular flexibility index (Phi) is 2.19. The number of carbonyl (C=O) groups is 1. The summed E-state index contributed by atoms with van der Waals surface area (Å²) < 4.78 is 5.06. The third-order valence-electron chi connectivity index (χ3n) is 2.83. The van der Waals surface area contributed by atoms with Crippen LogP contribution in [0.4, 0.5) is 0 Å². The molecule has 0 aliphatic heterocycles. The molecule has 3 aromatic rings. The number of hydrogen-bond donors (Lipinski definition) is 2. The Hall–Kier alpha value is -2.56.